The number of rotatable bonds is 10. The molecule has 0 spiro atoms. The topological polar surface area (TPSA) is 122 Å². The third-order valence-corrected chi connectivity index (χ3v) is 5.68. The highest BCUT2D eigenvalue weighted by atomic mass is 16.6. The van der Waals surface area contributed by atoms with Crippen LogP contribution in [-0.2, 0) is 9.59 Å². The van der Waals surface area contributed by atoms with E-state index < -0.39 is 28.4 Å². The SMILES string of the molecule is CCOc1ccc(C2/C(=C(\O)c3cccc([N+](=O)[O-])c3)C(=O)C(=O)N2CCCN(C)C)cc1OC. The Bertz CT molecular complexity index is 1160. The normalized spacial score (nSPS) is 17.2. The molecule has 3 rings (SSSR count). The van der Waals surface area contributed by atoms with Gasteiger partial charge in [0, 0.05) is 24.2 Å². The van der Waals surface area contributed by atoms with Crippen LogP contribution in [0.25, 0.3) is 5.76 Å². The quantitative estimate of drug-likeness (QED) is 0.179. The van der Waals surface area contributed by atoms with Crippen molar-refractivity contribution < 1.29 is 29.1 Å². The second-order valence-corrected chi connectivity index (χ2v) is 8.30. The molecule has 2 aromatic rings. The second kappa shape index (κ2) is 11.0. The third-order valence-electron chi connectivity index (χ3n) is 5.68. The number of ketones is 1. The number of hydrogen-bond donors (Lipinski definition) is 1. The molecule has 1 atom stereocenters. The summed E-state index contributed by atoms with van der Waals surface area (Å²) in [5.41, 5.74) is 0.245. The number of non-ortho nitro benzene ring substituents is 1. The van der Waals surface area contributed by atoms with Gasteiger partial charge in [-0.15, -0.1) is 0 Å². The molecule has 2 aromatic carbocycles. The maximum atomic E-state index is 13.1. The average Bonchev–Trinajstić information content (AvgIpc) is 3.09. The summed E-state index contributed by atoms with van der Waals surface area (Å²) in [5.74, 6) is -1.15. The van der Waals surface area contributed by atoms with Crippen LogP contribution < -0.4 is 9.47 Å². The van der Waals surface area contributed by atoms with E-state index in [9.17, 15) is 24.8 Å². The number of likely N-dealkylation sites (tertiary alicyclic amines) is 1. The summed E-state index contributed by atoms with van der Waals surface area (Å²) < 4.78 is 11.0. The number of methoxy groups -OCH3 is 1. The number of Topliss-reactive ketones (excluding diaryl/α,β-unsaturated/α-hetero) is 1. The van der Waals surface area contributed by atoms with Gasteiger partial charge in [-0.3, -0.25) is 19.7 Å². The number of aliphatic hydroxyl groups excluding tert-OH is 1. The van der Waals surface area contributed by atoms with Crippen LogP contribution in [0.3, 0.4) is 0 Å². The van der Waals surface area contributed by atoms with Crippen LogP contribution in [0.1, 0.15) is 30.5 Å². The Labute approximate surface area is 203 Å². The third kappa shape index (κ3) is 5.43. The molecule has 1 N–H and O–H groups in total. The van der Waals surface area contributed by atoms with Gasteiger partial charge >= 0.3 is 0 Å². The summed E-state index contributed by atoms with van der Waals surface area (Å²) in [6.07, 6.45) is 0.599. The fraction of sp³-hybridized carbons (Fsp3) is 0.360. The summed E-state index contributed by atoms with van der Waals surface area (Å²) in [5, 5.41) is 22.4. The first kappa shape index (κ1) is 25.7. The first-order valence-corrected chi connectivity index (χ1v) is 11.2. The van der Waals surface area contributed by atoms with E-state index in [1.54, 1.807) is 18.2 Å². The molecule has 1 unspecified atom stereocenters. The number of carbonyl (C=O) groups is 2. The monoisotopic (exact) mass is 483 g/mol. The van der Waals surface area contributed by atoms with E-state index in [2.05, 4.69) is 0 Å². The van der Waals surface area contributed by atoms with Crippen molar-refractivity contribution in [2.24, 2.45) is 0 Å². The Morgan fingerprint density at radius 3 is 2.54 bits per heavy atom. The van der Waals surface area contributed by atoms with Crippen molar-refractivity contribution in [3.8, 4) is 11.5 Å². The van der Waals surface area contributed by atoms with Crippen LogP contribution in [0, 0.1) is 10.1 Å². The number of nitro groups is 1. The zero-order valence-electron chi connectivity index (χ0n) is 20.2. The molecule has 1 amide bonds. The second-order valence-electron chi connectivity index (χ2n) is 8.30. The minimum Gasteiger partial charge on any atom is -0.507 e. The highest BCUT2D eigenvalue weighted by molar-refractivity contribution is 6.46. The van der Waals surface area contributed by atoms with Crippen molar-refractivity contribution in [3.63, 3.8) is 0 Å². The first-order chi connectivity index (χ1) is 16.7. The molecule has 0 aromatic heterocycles. The van der Waals surface area contributed by atoms with Crippen LogP contribution in [0.2, 0.25) is 0 Å². The number of ether oxygens (including phenoxy) is 2. The lowest BCUT2D eigenvalue weighted by Crippen LogP contribution is -2.32. The number of aliphatic hydroxyl groups is 1. The van der Waals surface area contributed by atoms with Crippen molar-refractivity contribution in [3.05, 3.63) is 69.3 Å². The lowest BCUT2D eigenvalue weighted by atomic mass is 9.94. The van der Waals surface area contributed by atoms with E-state index in [1.165, 1.54) is 36.3 Å². The summed E-state index contributed by atoms with van der Waals surface area (Å²) >= 11 is 0. The van der Waals surface area contributed by atoms with E-state index in [0.29, 0.717) is 36.6 Å². The van der Waals surface area contributed by atoms with Crippen LogP contribution in [0.5, 0.6) is 11.5 Å². The number of nitro benzene ring substituents is 1. The van der Waals surface area contributed by atoms with Gasteiger partial charge in [-0.25, -0.2) is 0 Å². The smallest absolute Gasteiger partial charge is 0.295 e. The standard InChI is InChI=1S/C25H29N3O7/c1-5-35-19-11-10-16(15-20(19)34-4)22-21(23(29)17-8-6-9-18(14-17)28(32)33)24(30)25(31)27(22)13-7-12-26(2)3/h6,8-11,14-15,22,29H,5,7,12-13H2,1-4H3/b23-21+. The summed E-state index contributed by atoms with van der Waals surface area (Å²) in [7, 11) is 5.30. The molecule has 1 fully saturated rings. The molecular formula is C25H29N3O7. The first-order valence-electron chi connectivity index (χ1n) is 11.2. The van der Waals surface area contributed by atoms with Crippen molar-refractivity contribution in [2.75, 3.05) is 40.9 Å². The van der Waals surface area contributed by atoms with E-state index >= 15 is 0 Å². The molecule has 35 heavy (non-hydrogen) atoms. The number of amides is 1. The molecule has 0 saturated carbocycles. The van der Waals surface area contributed by atoms with Crippen molar-refractivity contribution in [1.82, 2.24) is 9.80 Å². The largest absolute Gasteiger partial charge is 0.507 e. The molecule has 0 radical (unpaired) electrons. The Kier molecular flexibility index (Phi) is 8.08. The summed E-state index contributed by atoms with van der Waals surface area (Å²) in [4.78, 5) is 40.2. The Morgan fingerprint density at radius 1 is 1.17 bits per heavy atom. The fourth-order valence-electron chi connectivity index (χ4n) is 4.07. The number of benzene rings is 2. The minimum atomic E-state index is -0.902. The Balaban J connectivity index is 2.16. The predicted octanol–water partition coefficient (Wildman–Crippen LogP) is 3.38. The molecule has 1 saturated heterocycles. The lowest BCUT2D eigenvalue weighted by molar-refractivity contribution is -0.384. The van der Waals surface area contributed by atoms with Gasteiger partial charge in [-0.05, 0) is 51.7 Å². The summed E-state index contributed by atoms with van der Waals surface area (Å²) in [6.45, 7) is 3.22. The maximum Gasteiger partial charge on any atom is 0.295 e. The molecule has 10 heteroatoms. The van der Waals surface area contributed by atoms with Gasteiger partial charge in [0.2, 0.25) is 0 Å². The van der Waals surface area contributed by atoms with E-state index in [1.807, 2.05) is 25.9 Å². The van der Waals surface area contributed by atoms with E-state index in [4.69, 9.17) is 9.47 Å². The molecule has 1 aliphatic heterocycles. The zero-order valence-corrected chi connectivity index (χ0v) is 20.2. The van der Waals surface area contributed by atoms with Gasteiger partial charge in [0.05, 0.1) is 30.3 Å². The Hall–Kier alpha value is -3.92. The van der Waals surface area contributed by atoms with Crippen LogP contribution in [0.4, 0.5) is 5.69 Å². The average molecular weight is 484 g/mol. The van der Waals surface area contributed by atoms with Gasteiger partial charge in [-0.2, -0.15) is 0 Å². The number of carbonyl (C=O) groups excluding carboxylic acids is 2. The van der Waals surface area contributed by atoms with Crippen molar-refractivity contribution in [2.45, 2.75) is 19.4 Å². The minimum absolute atomic E-state index is 0.0772. The van der Waals surface area contributed by atoms with Gasteiger partial charge in [0.1, 0.15) is 5.76 Å². The predicted molar refractivity (Wildman–Crippen MR) is 129 cm³/mol. The van der Waals surface area contributed by atoms with Crippen LogP contribution in [-0.4, -0.2) is 72.4 Å². The van der Waals surface area contributed by atoms with Crippen LogP contribution >= 0.6 is 0 Å². The molecule has 0 bridgehead atoms. The van der Waals surface area contributed by atoms with Gasteiger partial charge < -0.3 is 24.4 Å². The zero-order chi connectivity index (χ0) is 25.7. The maximum absolute atomic E-state index is 13.1. The highest BCUT2D eigenvalue weighted by Gasteiger charge is 2.46. The van der Waals surface area contributed by atoms with Crippen molar-refractivity contribution >= 4 is 23.1 Å². The van der Waals surface area contributed by atoms with Gasteiger partial charge in [-0.1, -0.05) is 18.2 Å². The molecule has 1 heterocycles. The Morgan fingerprint density at radius 2 is 1.91 bits per heavy atom. The van der Waals surface area contributed by atoms with Gasteiger partial charge in [0.25, 0.3) is 17.4 Å². The molecule has 1 aliphatic rings. The molecule has 186 valence electrons. The van der Waals surface area contributed by atoms with E-state index in [-0.39, 0.29) is 23.4 Å². The molecular weight excluding hydrogens is 454 g/mol. The fourth-order valence-corrected chi connectivity index (χ4v) is 4.07. The van der Waals surface area contributed by atoms with Gasteiger partial charge in [0.15, 0.2) is 11.5 Å². The lowest BCUT2D eigenvalue weighted by Gasteiger charge is -2.26. The highest BCUT2D eigenvalue weighted by Crippen LogP contribution is 2.42. The number of hydrogen-bond acceptors (Lipinski definition) is 8. The molecule has 10 nitrogen and oxygen atoms in total. The van der Waals surface area contributed by atoms with E-state index in [0.717, 1.165) is 0 Å². The van der Waals surface area contributed by atoms with Crippen molar-refractivity contribution in [1.29, 1.82) is 0 Å². The molecule has 0 aliphatic carbocycles. The van der Waals surface area contributed by atoms with Crippen LogP contribution in [0.15, 0.2) is 48.0 Å². The summed E-state index contributed by atoms with van der Waals surface area (Å²) in [6, 6.07) is 9.49. The number of nitrogens with zero attached hydrogens (tertiary/aromatic N) is 3.